The van der Waals surface area contributed by atoms with Crippen molar-refractivity contribution in [2.24, 2.45) is 0 Å². The SMILES string of the molecule is O=C(COC(=O)c1ccco1)Nc1sc2c(c1C(=O)c1ccccc1)CCCC2. The van der Waals surface area contributed by atoms with Gasteiger partial charge in [0.05, 0.1) is 11.8 Å². The summed E-state index contributed by atoms with van der Waals surface area (Å²) in [5.41, 5.74) is 2.16. The first-order valence-electron chi connectivity index (χ1n) is 9.38. The van der Waals surface area contributed by atoms with E-state index in [2.05, 4.69) is 5.32 Å². The Labute approximate surface area is 171 Å². The summed E-state index contributed by atoms with van der Waals surface area (Å²) in [5, 5.41) is 3.29. The van der Waals surface area contributed by atoms with Gasteiger partial charge in [0.1, 0.15) is 5.00 Å². The van der Waals surface area contributed by atoms with Crippen molar-refractivity contribution < 1.29 is 23.5 Å². The minimum absolute atomic E-state index is 0.0318. The number of ketones is 1. The van der Waals surface area contributed by atoms with Gasteiger partial charge in [0.25, 0.3) is 5.91 Å². The van der Waals surface area contributed by atoms with Crippen molar-refractivity contribution >= 4 is 34.0 Å². The van der Waals surface area contributed by atoms with E-state index in [0.29, 0.717) is 16.1 Å². The van der Waals surface area contributed by atoms with Crippen molar-refractivity contribution in [1.29, 1.82) is 0 Å². The Kier molecular flexibility index (Phi) is 5.57. The van der Waals surface area contributed by atoms with E-state index in [0.717, 1.165) is 36.1 Å². The number of carbonyl (C=O) groups is 3. The second-order valence-electron chi connectivity index (χ2n) is 6.71. The maximum Gasteiger partial charge on any atom is 0.374 e. The molecule has 2 heterocycles. The number of rotatable bonds is 6. The second-order valence-corrected chi connectivity index (χ2v) is 7.82. The Bertz CT molecular complexity index is 1040. The van der Waals surface area contributed by atoms with Crippen molar-refractivity contribution in [2.75, 3.05) is 11.9 Å². The van der Waals surface area contributed by atoms with Gasteiger partial charge in [-0.1, -0.05) is 30.3 Å². The van der Waals surface area contributed by atoms with E-state index in [4.69, 9.17) is 9.15 Å². The first-order valence-corrected chi connectivity index (χ1v) is 10.2. The number of amides is 1. The van der Waals surface area contributed by atoms with Gasteiger partial charge in [0.15, 0.2) is 12.4 Å². The largest absolute Gasteiger partial charge is 0.457 e. The number of carbonyl (C=O) groups excluding carboxylic acids is 3. The molecule has 6 nitrogen and oxygen atoms in total. The molecule has 7 heteroatoms. The molecule has 0 unspecified atom stereocenters. The second kappa shape index (κ2) is 8.45. The number of hydrogen-bond donors (Lipinski definition) is 1. The van der Waals surface area contributed by atoms with Gasteiger partial charge in [0, 0.05) is 10.4 Å². The van der Waals surface area contributed by atoms with Crippen LogP contribution in [-0.4, -0.2) is 24.3 Å². The van der Waals surface area contributed by atoms with Crippen LogP contribution in [0.3, 0.4) is 0 Å². The highest BCUT2D eigenvalue weighted by Crippen LogP contribution is 2.39. The Balaban J connectivity index is 1.53. The number of ether oxygens (including phenoxy) is 1. The number of fused-ring (bicyclic) bond motifs is 1. The molecule has 1 amide bonds. The van der Waals surface area contributed by atoms with E-state index >= 15 is 0 Å². The van der Waals surface area contributed by atoms with Crippen LogP contribution in [-0.2, 0) is 22.4 Å². The van der Waals surface area contributed by atoms with Crippen LogP contribution in [0.1, 0.15) is 49.8 Å². The first kappa shape index (κ1) is 19.1. The molecule has 3 aromatic rings. The Morgan fingerprint density at radius 1 is 1.03 bits per heavy atom. The van der Waals surface area contributed by atoms with Gasteiger partial charge in [-0.05, 0) is 43.4 Å². The Morgan fingerprint density at radius 2 is 1.83 bits per heavy atom. The smallest absolute Gasteiger partial charge is 0.374 e. The molecule has 0 bridgehead atoms. The molecule has 1 aromatic carbocycles. The number of furan rings is 1. The Morgan fingerprint density at radius 3 is 2.59 bits per heavy atom. The molecule has 1 aliphatic carbocycles. The third-order valence-electron chi connectivity index (χ3n) is 4.74. The summed E-state index contributed by atoms with van der Waals surface area (Å²) in [4.78, 5) is 38.5. The van der Waals surface area contributed by atoms with Gasteiger partial charge in [-0.15, -0.1) is 11.3 Å². The fourth-order valence-corrected chi connectivity index (χ4v) is 4.69. The lowest BCUT2D eigenvalue weighted by molar-refractivity contribution is -0.119. The highest BCUT2D eigenvalue weighted by molar-refractivity contribution is 7.17. The van der Waals surface area contributed by atoms with Gasteiger partial charge >= 0.3 is 5.97 Å². The lowest BCUT2D eigenvalue weighted by Crippen LogP contribution is -2.21. The van der Waals surface area contributed by atoms with Gasteiger partial charge in [-0.25, -0.2) is 4.79 Å². The predicted octanol–water partition coefficient (Wildman–Crippen LogP) is 4.25. The summed E-state index contributed by atoms with van der Waals surface area (Å²) in [6.45, 7) is -0.457. The molecule has 0 saturated heterocycles. The van der Waals surface area contributed by atoms with Crippen LogP contribution in [0.2, 0.25) is 0 Å². The number of hydrogen-bond acceptors (Lipinski definition) is 6. The summed E-state index contributed by atoms with van der Waals surface area (Å²) in [7, 11) is 0. The molecule has 1 N–H and O–H groups in total. The molecule has 0 atom stereocenters. The van der Waals surface area contributed by atoms with Crippen molar-refractivity contribution in [2.45, 2.75) is 25.7 Å². The fraction of sp³-hybridized carbons (Fsp3) is 0.227. The van der Waals surface area contributed by atoms with E-state index in [9.17, 15) is 14.4 Å². The molecule has 0 spiro atoms. The number of thiophene rings is 1. The molecular weight excluding hydrogens is 390 g/mol. The minimum Gasteiger partial charge on any atom is -0.457 e. The van der Waals surface area contributed by atoms with Crippen molar-refractivity contribution in [3.63, 3.8) is 0 Å². The lowest BCUT2D eigenvalue weighted by atomic mass is 9.92. The van der Waals surface area contributed by atoms with Crippen molar-refractivity contribution in [3.8, 4) is 0 Å². The number of benzene rings is 1. The highest BCUT2D eigenvalue weighted by atomic mass is 32.1. The zero-order valence-electron chi connectivity index (χ0n) is 15.6. The minimum atomic E-state index is -0.712. The topological polar surface area (TPSA) is 85.6 Å². The molecule has 2 aromatic heterocycles. The van der Waals surface area contributed by atoms with Gasteiger partial charge in [0.2, 0.25) is 5.76 Å². The van der Waals surface area contributed by atoms with Crippen molar-refractivity contribution in [1.82, 2.24) is 0 Å². The molecule has 4 rings (SSSR count). The van der Waals surface area contributed by atoms with Crippen LogP contribution in [0.25, 0.3) is 0 Å². The molecule has 1 aliphatic rings. The van der Waals surface area contributed by atoms with Gasteiger partial charge < -0.3 is 14.5 Å². The predicted molar refractivity (Wildman–Crippen MR) is 108 cm³/mol. The van der Waals surface area contributed by atoms with Crippen LogP contribution in [0, 0.1) is 0 Å². The molecule has 0 radical (unpaired) electrons. The zero-order chi connectivity index (χ0) is 20.2. The van der Waals surface area contributed by atoms with E-state index in [1.807, 2.05) is 18.2 Å². The molecule has 0 aliphatic heterocycles. The van der Waals surface area contributed by atoms with Crippen LogP contribution in [0.5, 0.6) is 0 Å². The molecule has 0 saturated carbocycles. The molecule has 148 valence electrons. The van der Waals surface area contributed by atoms with Crippen LogP contribution in [0.15, 0.2) is 53.1 Å². The van der Waals surface area contributed by atoms with E-state index in [1.165, 1.54) is 23.7 Å². The average Bonchev–Trinajstić information content (AvgIpc) is 3.40. The first-order chi connectivity index (χ1) is 14.1. The quantitative estimate of drug-likeness (QED) is 0.486. The average molecular weight is 409 g/mol. The number of anilines is 1. The number of nitrogens with one attached hydrogen (secondary N) is 1. The third kappa shape index (κ3) is 4.14. The normalized spacial score (nSPS) is 12.8. The lowest BCUT2D eigenvalue weighted by Gasteiger charge is -2.12. The summed E-state index contributed by atoms with van der Waals surface area (Å²) >= 11 is 1.43. The summed E-state index contributed by atoms with van der Waals surface area (Å²) in [6.07, 6.45) is 5.17. The van der Waals surface area contributed by atoms with Gasteiger partial charge in [-0.3, -0.25) is 9.59 Å². The summed E-state index contributed by atoms with van der Waals surface area (Å²) in [6, 6.07) is 12.1. The molecular formula is C22H19NO5S. The summed E-state index contributed by atoms with van der Waals surface area (Å²) in [5.74, 6) is -1.28. The number of aryl methyl sites for hydroxylation is 1. The highest BCUT2D eigenvalue weighted by Gasteiger charge is 2.27. The standard InChI is InChI=1S/C22H19NO5S/c24-18(13-28-22(26)16-10-6-12-27-16)23-21-19(15-9-4-5-11-17(15)29-21)20(25)14-7-2-1-3-8-14/h1-3,6-8,10,12H,4-5,9,11,13H2,(H,23,24). The fourth-order valence-electron chi connectivity index (χ4n) is 3.39. The number of esters is 1. The van der Waals surface area contributed by atoms with Crippen LogP contribution < -0.4 is 5.32 Å². The molecule has 0 fully saturated rings. The van der Waals surface area contributed by atoms with E-state index < -0.39 is 18.5 Å². The Hall–Kier alpha value is -3.19. The molecule has 29 heavy (non-hydrogen) atoms. The maximum atomic E-state index is 13.2. The monoisotopic (exact) mass is 409 g/mol. The third-order valence-corrected chi connectivity index (χ3v) is 5.95. The maximum absolute atomic E-state index is 13.2. The van der Waals surface area contributed by atoms with E-state index in [1.54, 1.807) is 18.2 Å². The summed E-state index contributed by atoms with van der Waals surface area (Å²) < 4.78 is 9.93. The van der Waals surface area contributed by atoms with Crippen LogP contribution >= 0.6 is 11.3 Å². The zero-order valence-corrected chi connectivity index (χ0v) is 16.4. The van der Waals surface area contributed by atoms with Crippen LogP contribution in [0.4, 0.5) is 5.00 Å². The van der Waals surface area contributed by atoms with E-state index in [-0.39, 0.29) is 11.5 Å². The van der Waals surface area contributed by atoms with Gasteiger partial charge in [-0.2, -0.15) is 0 Å². The van der Waals surface area contributed by atoms with Crippen molar-refractivity contribution in [3.05, 3.63) is 76.1 Å².